The molecule has 4 nitrogen and oxygen atoms in total. The molecule has 0 aliphatic heterocycles. The molecule has 0 saturated heterocycles. The van der Waals surface area contributed by atoms with Gasteiger partial charge >= 0.3 is 6.18 Å². The van der Waals surface area contributed by atoms with Gasteiger partial charge in [-0.3, -0.25) is 0 Å². The highest BCUT2D eigenvalue weighted by Gasteiger charge is 2.33. The van der Waals surface area contributed by atoms with E-state index in [4.69, 9.17) is 23.2 Å². The van der Waals surface area contributed by atoms with Crippen LogP contribution in [0.2, 0.25) is 10.0 Å². The van der Waals surface area contributed by atoms with E-state index >= 15 is 0 Å². The fourth-order valence-electron chi connectivity index (χ4n) is 2.15. The molecule has 0 fully saturated rings. The van der Waals surface area contributed by atoms with Crippen LogP contribution in [0.5, 0.6) is 0 Å². The van der Waals surface area contributed by atoms with Crippen molar-refractivity contribution in [2.24, 2.45) is 5.10 Å². The average Bonchev–Trinajstić information content (AvgIpc) is 2.63. The van der Waals surface area contributed by atoms with Gasteiger partial charge < -0.3 is 0 Å². The number of hydrazone groups is 1. The van der Waals surface area contributed by atoms with Gasteiger partial charge in [-0.05, 0) is 24.3 Å². The maximum Gasteiger partial charge on any atom is 0.433 e. The zero-order valence-electron chi connectivity index (χ0n) is 13.5. The highest BCUT2D eigenvalue weighted by molar-refractivity contribution is 6.33. The molecule has 1 aromatic heterocycles. The molecule has 3 rings (SSSR count). The summed E-state index contributed by atoms with van der Waals surface area (Å²) >= 11 is 11.8. The summed E-state index contributed by atoms with van der Waals surface area (Å²) in [5.41, 5.74) is 2.48. The second kappa shape index (κ2) is 7.94. The van der Waals surface area contributed by atoms with E-state index in [2.05, 4.69) is 20.5 Å². The van der Waals surface area contributed by atoms with Crippen LogP contribution in [-0.4, -0.2) is 16.2 Å². The van der Waals surface area contributed by atoms with E-state index in [-0.39, 0.29) is 11.6 Å². The summed E-state index contributed by atoms with van der Waals surface area (Å²) in [6, 6.07) is 14.0. The SMILES string of the molecule is FC(F)(F)c1cc(-c2ccc(Cl)cc2)nc(N/N=C/c2ccccc2Cl)n1. The minimum absolute atomic E-state index is 0.0874. The largest absolute Gasteiger partial charge is 0.433 e. The van der Waals surface area contributed by atoms with Crippen LogP contribution < -0.4 is 5.43 Å². The van der Waals surface area contributed by atoms with Crippen LogP contribution in [0.25, 0.3) is 11.3 Å². The van der Waals surface area contributed by atoms with Crippen LogP contribution in [0.3, 0.4) is 0 Å². The van der Waals surface area contributed by atoms with Gasteiger partial charge in [0.25, 0.3) is 0 Å². The molecule has 0 spiro atoms. The predicted molar refractivity (Wildman–Crippen MR) is 100 cm³/mol. The maximum atomic E-state index is 13.2. The van der Waals surface area contributed by atoms with Crippen molar-refractivity contribution < 1.29 is 13.2 Å². The van der Waals surface area contributed by atoms with E-state index in [0.717, 1.165) is 6.07 Å². The smallest absolute Gasteiger partial charge is 0.245 e. The third-order valence-electron chi connectivity index (χ3n) is 3.43. The van der Waals surface area contributed by atoms with Crippen molar-refractivity contribution in [3.05, 3.63) is 75.9 Å². The Labute approximate surface area is 162 Å². The predicted octanol–water partition coefficient (Wildman–Crippen LogP) is 5.92. The molecule has 0 radical (unpaired) electrons. The third kappa shape index (κ3) is 4.96. The van der Waals surface area contributed by atoms with Crippen molar-refractivity contribution in [3.63, 3.8) is 0 Å². The van der Waals surface area contributed by atoms with Gasteiger partial charge in [0.15, 0.2) is 5.69 Å². The zero-order valence-corrected chi connectivity index (χ0v) is 15.0. The van der Waals surface area contributed by atoms with Crippen molar-refractivity contribution in [1.29, 1.82) is 0 Å². The molecule has 0 unspecified atom stereocenters. The average molecular weight is 411 g/mol. The number of alkyl halides is 3. The number of hydrogen-bond donors (Lipinski definition) is 1. The van der Waals surface area contributed by atoms with Crippen molar-refractivity contribution in [1.82, 2.24) is 9.97 Å². The molecule has 9 heteroatoms. The van der Waals surface area contributed by atoms with E-state index in [0.29, 0.717) is 21.2 Å². The van der Waals surface area contributed by atoms with Gasteiger partial charge in [0, 0.05) is 21.2 Å². The molecule has 138 valence electrons. The lowest BCUT2D eigenvalue weighted by Gasteiger charge is -2.10. The Morgan fingerprint density at radius 1 is 0.963 bits per heavy atom. The Morgan fingerprint density at radius 3 is 2.33 bits per heavy atom. The first-order valence-corrected chi connectivity index (χ1v) is 8.34. The fraction of sp³-hybridized carbons (Fsp3) is 0.0556. The fourth-order valence-corrected chi connectivity index (χ4v) is 2.46. The zero-order chi connectivity index (χ0) is 19.4. The van der Waals surface area contributed by atoms with Crippen molar-refractivity contribution in [3.8, 4) is 11.3 Å². The van der Waals surface area contributed by atoms with Crippen molar-refractivity contribution in [2.75, 3.05) is 5.43 Å². The molecule has 1 N–H and O–H groups in total. The van der Waals surface area contributed by atoms with Gasteiger partial charge in [-0.2, -0.15) is 18.3 Å². The normalized spacial score (nSPS) is 11.7. The lowest BCUT2D eigenvalue weighted by molar-refractivity contribution is -0.141. The van der Waals surface area contributed by atoms with E-state index in [9.17, 15) is 13.2 Å². The molecule has 27 heavy (non-hydrogen) atoms. The van der Waals surface area contributed by atoms with Crippen LogP contribution in [0, 0.1) is 0 Å². The minimum atomic E-state index is -4.63. The maximum absolute atomic E-state index is 13.2. The molecular formula is C18H11Cl2F3N4. The summed E-state index contributed by atoms with van der Waals surface area (Å²) in [5.74, 6) is -0.293. The topological polar surface area (TPSA) is 50.2 Å². The molecular weight excluding hydrogens is 400 g/mol. The van der Waals surface area contributed by atoms with Gasteiger partial charge in [-0.15, -0.1) is 0 Å². The van der Waals surface area contributed by atoms with Crippen LogP contribution in [0.1, 0.15) is 11.3 Å². The van der Waals surface area contributed by atoms with Gasteiger partial charge in [-0.25, -0.2) is 15.4 Å². The van der Waals surface area contributed by atoms with Crippen LogP contribution in [-0.2, 0) is 6.18 Å². The van der Waals surface area contributed by atoms with Crippen LogP contribution in [0.15, 0.2) is 59.7 Å². The summed E-state index contributed by atoms with van der Waals surface area (Å²) in [7, 11) is 0. The van der Waals surface area contributed by atoms with Gasteiger partial charge in [-0.1, -0.05) is 53.5 Å². The monoisotopic (exact) mass is 410 g/mol. The van der Waals surface area contributed by atoms with Crippen LogP contribution >= 0.6 is 23.2 Å². The molecule has 0 aliphatic carbocycles. The third-order valence-corrected chi connectivity index (χ3v) is 4.03. The van der Waals surface area contributed by atoms with Gasteiger partial charge in [0.2, 0.25) is 5.95 Å². The summed E-state index contributed by atoms with van der Waals surface area (Å²) in [5, 5.41) is 4.79. The number of rotatable bonds is 4. The Bertz CT molecular complexity index is 973. The van der Waals surface area contributed by atoms with E-state index < -0.39 is 11.9 Å². The first kappa shape index (κ1) is 19.1. The van der Waals surface area contributed by atoms with Crippen LogP contribution in [0.4, 0.5) is 19.1 Å². The number of nitrogens with one attached hydrogen (secondary N) is 1. The summed E-state index contributed by atoms with van der Waals surface area (Å²) < 4.78 is 39.5. The summed E-state index contributed by atoms with van der Waals surface area (Å²) in [4.78, 5) is 7.57. The molecule has 0 aliphatic rings. The number of hydrogen-bond acceptors (Lipinski definition) is 4. The van der Waals surface area contributed by atoms with Gasteiger partial charge in [0.1, 0.15) is 0 Å². The Balaban J connectivity index is 1.93. The number of anilines is 1. The number of nitrogens with zero attached hydrogens (tertiary/aromatic N) is 3. The molecule has 1 heterocycles. The van der Waals surface area contributed by atoms with E-state index in [1.165, 1.54) is 6.21 Å². The highest BCUT2D eigenvalue weighted by atomic mass is 35.5. The number of halogens is 5. The second-order valence-corrected chi connectivity index (χ2v) is 6.20. The lowest BCUT2D eigenvalue weighted by atomic mass is 10.1. The highest BCUT2D eigenvalue weighted by Crippen LogP contribution is 2.31. The Hall–Kier alpha value is -2.64. The number of benzene rings is 2. The molecule has 0 amide bonds. The lowest BCUT2D eigenvalue weighted by Crippen LogP contribution is -2.11. The first-order chi connectivity index (χ1) is 12.8. The second-order valence-electron chi connectivity index (χ2n) is 5.36. The van der Waals surface area contributed by atoms with E-state index in [1.54, 1.807) is 48.5 Å². The van der Waals surface area contributed by atoms with Crippen molar-refractivity contribution >= 4 is 35.4 Å². The standard InChI is InChI=1S/C18H11Cl2F3N4/c19-13-7-5-11(6-8-13)15-9-16(18(21,22)23)26-17(25-15)27-24-10-12-3-1-2-4-14(12)20/h1-10H,(H,25,26,27)/b24-10+. The summed E-state index contributed by atoms with van der Waals surface area (Å²) in [6.07, 6.45) is -3.26. The molecule has 0 atom stereocenters. The summed E-state index contributed by atoms with van der Waals surface area (Å²) in [6.45, 7) is 0. The first-order valence-electron chi connectivity index (χ1n) is 7.59. The Kier molecular flexibility index (Phi) is 5.62. The van der Waals surface area contributed by atoms with E-state index in [1.807, 2.05) is 0 Å². The van der Waals surface area contributed by atoms with Gasteiger partial charge in [0.05, 0.1) is 11.9 Å². The molecule has 2 aromatic carbocycles. The molecule has 3 aromatic rings. The molecule has 0 saturated carbocycles. The quantitative estimate of drug-likeness (QED) is 0.429. The minimum Gasteiger partial charge on any atom is -0.245 e. The Morgan fingerprint density at radius 2 is 1.67 bits per heavy atom. The van der Waals surface area contributed by atoms with Crippen molar-refractivity contribution in [2.45, 2.75) is 6.18 Å². The number of aromatic nitrogens is 2. The molecule has 0 bridgehead atoms.